The van der Waals surface area contributed by atoms with Gasteiger partial charge in [0, 0.05) is 25.3 Å². The van der Waals surface area contributed by atoms with Gasteiger partial charge in [-0.3, -0.25) is 4.79 Å². The van der Waals surface area contributed by atoms with E-state index in [4.69, 9.17) is 17.0 Å². The molecule has 1 aliphatic rings. The van der Waals surface area contributed by atoms with E-state index in [1.807, 2.05) is 31.2 Å². The fourth-order valence-corrected chi connectivity index (χ4v) is 3.73. The van der Waals surface area contributed by atoms with Crippen molar-refractivity contribution in [3.05, 3.63) is 45.7 Å². The second-order valence-corrected chi connectivity index (χ2v) is 7.65. The summed E-state index contributed by atoms with van der Waals surface area (Å²) >= 11 is 5.63. The van der Waals surface area contributed by atoms with E-state index in [1.54, 1.807) is 0 Å². The van der Waals surface area contributed by atoms with E-state index in [9.17, 15) is 4.79 Å². The van der Waals surface area contributed by atoms with E-state index in [-0.39, 0.29) is 11.7 Å². The van der Waals surface area contributed by atoms with Crippen LogP contribution in [0.3, 0.4) is 0 Å². The molecule has 2 heterocycles. The number of hydrogen-bond acceptors (Lipinski definition) is 3. The van der Waals surface area contributed by atoms with Crippen LogP contribution in [0.1, 0.15) is 43.7 Å². The first kappa shape index (κ1) is 19.8. The molecule has 0 unspecified atom stereocenters. The SMILES string of the molecule is CCCCNC(=S)N(Cc1cc2cccc(C)c2[nH]c1=O)C[C@@H]1CCCO1. The van der Waals surface area contributed by atoms with Crippen LogP contribution in [-0.4, -0.2) is 40.8 Å². The first-order valence-electron chi connectivity index (χ1n) is 9.84. The standard InChI is InChI=1S/C21H29N3O2S/c1-3-4-10-22-21(27)24(14-18-9-6-11-26-18)13-17-12-16-8-5-7-15(2)19(16)23-20(17)25/h5,7-8,12,18H,3-4,6,9-11,13-14H2,1-2H3,(H,22,27)(H,23,25)/t18-/m0/s1. The minimum Gasteiger partial charge on any atom is -0.376 e. The summed E-state index contributed by atoms with van der Waals surface area (Å²) in [6.45, 7) is 7.02. The van der Waals surface area contributed by atoms with Gasteiger partial charge < -0.3 is 19.9 Å². The Bertz CT molecular complexity index is 843. The molecule has 0 bridgehead atoms. The number of ether oxygens (including phenoxy) is 1. The van der Waals surface area contributed by atoms with E-state index in [0.717, 1.165) is 60.9 Å². The number of nitrogens with one attached hydrogen (secondary N) is 2. The second kappa shape index (κ2) is 9.33. The normalized spacial score (nSPS) is 16.6. The average Bonchev–Trinajstić information content (AvgIpc) is 3.16. The van der Waals surface area contributed by atoms with Crippen molar-refractivity contribution in [2.75, 3.05) is 19.7 Å². The van der Waals surface area contributed by atoms with Gasteiger partial charge in [0.05, 0.1) is 18.2 Å². The summed E-state index contributed by atoms with van der Waals surface area (Å²) in [4.78, 5) is 17.8. The van der Waals surface area contributed by atoms with Crippen molar-refractivity contribution in [1.82, 2.24) is 15.2 Å². The van der Waals surface area contributed by atoms with Crippen LogP contribution in [0.2, 0.25) is 0 Å². The third kappa shape index (κ3) is 5.08. The van der Waals surface area contributed by atoms with Gasteiger partial charge in [-0.1, -0.05) is 31.5 Å². The highest BCUT2D eigenvalue weighted by atomic mass is 32.1. The Labute approximate surface area is 166 Å². The lowest BCUT2D eigenvalue weighted by Gasteiger charge is -2.28. The lowest BCUT2D eigenvalue weighted by atomic mass is 10.1. The second-order valence-electron chi connectivity index (χ2n) is 7.26. The monoisotopic (exact) mass is 387 g/mol. The highest BCUT2D eigenvalue weighted by molar-refractivity contribution is 7.80. The van der Waals surface area contributed by atoms with Gasteiger partial charge in [0.25, 0.3) is 5.56 Å². The highest BCUT2D eigenvalue weighted by Gasteiger charge is 2.22. The maximum Gasteiger partial charge on any atom is 0.253 e. The average molecular weight is 388 g/mol. The summed E-state index contributed by atoms with van der Waals surface area (Å²) in [5.41, 5.74) is 2.65. The van der Waals surface area contributed by atoms with Crippen molar-refractivity contribution >= 4 is 28.2 Å². The third-order valence-corrected chi connectivity index (χ3v) is 5.47. The van der Waals surface area contributed by atoms with Gasteiger partial charge in [0.1, 0.15) is 0 Å². The predicted octanol–water partition coefficient (Wildman–Crippen LogP) is 3.49. The number of unbranched alkanes of at least 4 members (excludes halogenated alkanes) is 1. The molecule has 2 aromatic rings. The number of fused-ring (bicyclic) bond motifs is 1. The summed E-state index contributed by atoms with van der Waals surface area (Å²) in [6, 6.07) is 8.04. The number of nitrogens with zero attached hydrogens (tertiary/aromatic N) is 1. The molecule has 0 aliphatic carbocycles. The first-order chi connectivity index (χ1) is 13.1. The van der Waals surface area contributed by atoms with Gasteiger partial charge in [-0.15, -0.1) is 0 Å². The summed E-state index contributed by atoms with van der Waals surface area (Å²) in [5.74, 6) is 0. The van der Waals surface area contributed by atoms with Gasteiger partial charge in [-0.05, 0) is 55.4 Å². The van der Waals surface area contributed by atoms with Crippen molar-refractivity contribution in [2.45, 2.75) is 52.2 Å². The Morgan fingerprint density at radius 1 is 1.44 bits per heavy atom. The maximum absolute atomic E-state index is 12.7. The van der Waals surface area contributed by atoms with Crippen LogP contribution in [0, 0.1) is 6.92 Å². The lowest BCUT2D eigenvalue weighted by molar-refractivity contribution is 0.0897. The zero-order valence-electron chi connectivity index (χ0n) is 16.2. The Hall–Kier alpha value is -1.92. The summed E-state index contributed by atoms with van der Waals surface area (Å²) in [5, 5.41) is 5.08. The minimum atomic E-state index is -0.0505. The maximum atomic E-state index is 12.7. The Morgan fingerprint density at radius 2 is 2.30 bits per heavy atom. The molecule has 6 heteroatoms. The summed E-state index contributed by atoms with van der Waals surface area (Å²) in [6.07, 6.45) is 4.50. The molecule has 3 rings (SSSR count). The number of aromatic amines is 1. The summed E-state index contributed by atoms with van der Waals surface area (Å²) < 4.78 is 5.80. The molecule has 1 aliphatic heterocycles. The van der Waals surface area contributed by atoms with E-state index in [1.165, 1.54) is 0 Å². The van der Waals surface area contributed by atoms with E-state index in [2.05, 4.69) is 22.1 Å². The van der Waals surface area contributed by atoms with Crippen LogP contribution < -0.4 is 10.9 Å². The van der Waals surface area contributed by atoms with Crippen molar-refractivity contribution in [3.8, 4) is 0 Å². The molecule has 1 saturated heterocycles. The number of rotatable bonds is 7. The molecule has 146 valence electrons. The highest BCUT2D eigenvalue weighted by Crippen LogP contribution is 2.18. The van der Waals surface area contributed by atoms with Crippen molar-refractivity contribution in [1.29, 1.82) is 0 Å². The van der Waals surface area contributed by atoms with Gasteiger partial charge in [0.15, 0.2) is 5.11 Å². The molecule has 0 radical (unpaired) electrons. The first-order valence-corrected chi connectivity index (χ1v) is 10.2. The van der Waals surface area contributed by atoms with Gasteiger partial charge >= 0.3 is 0 Å². The van der Waals surface area contributed by atoms with Gasteiger partial charge in [-0.2, -0.15) is 0 Å². The Kier molecular flexibility index (Phi) is 6.85. The van der Waals surface area contributed by atoms with Crippen molar-refractivity contribution < 1.29 is 4.74 Å². The van der Waals surface area contributed by atoms with Crippen LogP contribution in [0.5, 0.6) is 0 Å². The molecule has 0 spiro atoms. The third-order valence-electron chi connectivity index (χ3n) is 5.07. The molecule has 0 saturated carbocycles. The fourth-order valence-electron chi connectivity index (χ4n) is 3.49. The molecule has 1 aromatic carbocycles. The van der Waals surface area contributed by atoms with Crippen molar-refractivity contribution in [2.24, 2.45) is 0 Å². The zero-order valence-corrected chi connectivity index (χ0v) is 17.0. The van der Waals surface area contributed by atoms with Crippen molar-refractivity contribution in [3.63, 3.8) is 0 Å². The molecular weight excluding hydrogens is 358 g/mol. The van der Waals surface area contributed by atoms with E-state index in [0.29, 0.717) is 18.2 Å². The molecular formula is C21H29N3O2S. The Morgan fingerprint density at radius 3 is 3.04 bits per heavy atom. The molecule has 1 atom stereocenters. The predicted molar refractivity (Wildman–Crippen MR) is 114 cm³/mol. The van der Waals surface area contributed by atoms with Crippen LogP contribution in [-0.2, 0) is 11.3 Å². The molecule has 5 nitrogen and oxygen atoms in total. The van der Waals surface area contributed by atoms with E-state index >= 15 is 0 Å². The van der Waals surface area contributed by atoms with Gasteiger partial charge in [-0.25, -0.2) is 0 Å². The largest absolute Gasteiger partial charge is 0.376 e. The fraction of sp³-hybridized carbons (Fsp3) is 0.524. The number of H-pyrrole nitrogens is 1. The molecule has 0 amide bonds. The molecule has 1 aromatic heterocycles. The number of aryl methyl sites for hydroxylation is 1. The smallest absolute Gasteiger partial charge is 0.253 e. The molecule has 2 N–H and O–H groups in total. The number of hydrogen-bond donors (Lipinski definition) is 2. The van der Waals surface area contributed by atoms with Crippen LogP contribution in [0.25, 0.3) is 10.9 Å². The number of pyridine rings is 1. The Balaban J connectivity index is 1.81. The van der Waals surface area contributed by atoms with Crippen LogP contribution in [0.4, 0.5) is 0 Å². The van der Waals surface area contributed by atoms with Crippen LogP contribution in [0.15, 0.2) is 29.1 Å². The quantitative estimate of drug-likeness (QED) is 0.563. The number of thiocarbonyl (C=S) groups is 1. The molecule has 27 heavy (non-hydrogen) atoms. The molecule has 1 fully saturated rings. The topological polar surface area (TPSA) is 57.4 Å². The van der Waals surface area contributed by atoms with E-state index < -0.39 is 0 Å². The number of benzene rings is 1. The zero-order chi connectivity index (χ0) is 19.2. The number of aromatic nitrogens is 1. The number of para-hydroxylation sites is 1. The summed E-state index contributed by atoms with van der Waals surface area (Å²) in [7, 11) is 0. The minimum absolute atomic E-state index is 0.0505. The van der Waals surface area contributed by atoms with Gasteiger partial charge in [0.2, 0.25) is 0 Å². The van der Waals surface area contributed by atoms with Crippen LogP contribution >= 0.6 is 12.2 Å². The lowest BCUT2D eigenvalue weighted by Crippen LogP contribution is -2.44.